The van der Waals surface area contributed by atoms with Crippen molar-refractivity contribution < 1.29 is 14.6 Å². The quantitative estimate of drug-likeness (QED) is 0.834. The van der Waals surface area contributed by atoms with Gasteiger partial charge in [-0.1, -0.05) is 12.1 Å². The monoisotopic (exact) mass is 233 g/mol. The second kappa shape index (κ2) is 4.91. The summed E-state index contributed by atoms with van der Waals surface area (Å²) in [5.74, 6) is 0.0643. The molecular formula is C13H15NO3. The van der Waals surface area contributed by atoms with E-state index in [4.69, 9.17) is 9.84 Å². The number of carbonyl (C=O) groups is 1. The Hall–Kier alpha value is -1.97. The zero-order valence-corrected chi connectivity index (χ0v) is 9.69. The van der Waals surface area contributed by atoms with Crippen LogP contribution in [0.1, 0.15) is 18.4 Å². The highest BCUT2D eigenvalue weighted by atomic mass is 16.5. The van der Waals surface area contributed by atoms with Crippen LogP contribution in [0.25, 0.3) is 10.9 Å². The van der Waals surface area contributed by atoms with E-state index >= 15 is 0 Å². The van der Waals surface area contributed by atoms with Gasteiger partial charge in [0.05, 0.1) is 12.6 Å². The molecule has 17 heavy (non-hydrogen) atoms. The van der Waals surface area contributed by atoms with Gasteiger partial charge in [-0.25, -0.2) is 0 Å². The lowest BCUT2D eigenvalue weighted by Gasteiger charge is -2.01. The Morgan fingerprint density at radius 1 is 1.47 bits per heavy atom. The van der Waals surface area contributed by atoms with Gasteiger partial charge in [-0.2, -0.15) is 0 Å². The maximum absolute atomic E-state index is 10.5. The Kier molecular flexibility index (Phi) is 3.32. The van der Waals surface area contributed by atoms with Gasteiger partial charge in [-0.05, 0) is 24.5 Å². The minimum Gasteiger partial charge on any atom is -0.495 e. The summed E-state index contributed by atoms with van der Waals surface area (Å²) < 4.78 is 5.26. The molecule has 0 aliphatic rings. The van der Waals surface area contributed by atoms with Crippen LogP contribution in [0, 0.1) is 0 Å². The van der Waals surface area contributed by atoms with Crippen molar-refractivity contribution >= 4 is 16.9 Å². The molecule has 0 saturated heterocycles. The van der Waals surface area contributed by atoms with Crippen LogP contribution >= 0.6 is 0 Å². The molecule has 0 radical (unpaired) electrons. The van der Waals surface area contributed by atoms with Crippen LogP contribution in [0.4, 0.5) is 0 Å². The standard InChI is InChI=1S/C13H15NO3/c1-17-11-6-3-5-10-9(8-14-13(10)11)4-2-7-12(15)16/h3,5-6,8,14H,2,4,7H2,1H3,(H,15,16). The van der Waals surface area contributed by atoms with Crippen molar-refractivity contribution in [3.63, 3.8) is 0 Å². The number of hydrogen-bond donors (Lipinski definition) is 2. The highest BCUT2D eigenvalue weighted by Crippen LogP contribution is 2.27. The van der Waals surface area contributed by atoms with E-state index in [-0.39, 0.29) is 6.42 Å². The summed E-state index contributed by atoms with van der Waals surface area (Å²) in [6, 6.07) is 5.86. The van der Waals surface area contributed by atoms with Crippen molar-refractivity contribution in [2.75, 3.05) is 7.11 Å². The van der Waals surface area contributed by atoms with Crippen LogP contribution in [0.3, 0.4) is 0 Å². The Labute approximate surface area is 99.2 Å². The third-order valence-corrected chi connectivity index (χ3v) is 2.82. The van der Waals surface area contributed by atoms with E-state index in [1.165, 1.54) is 0 Å². The number of aliphatic carboxylic acids is 1. The summed E-state index contributed by atoms with van der Waals surface area (Å²) in [7, 11) is 1.64. The number of nitrogens with one attached hydrogen (secondary N) is 1. The normalized spacial score (nSPS) is 10.6. The maximum Gasteiger partial charge on any atom is 0.303 e. The number of benzene rings is 1. The summed E-state index contributed by atoms with van der Waals surface area (Å²) in [6.07, 6.45) is 3.55. The second-order valence-electron chi connectivity index (χ2n) is 3.94. The number of aryl methyl sites for hydroxylation is 1. The molecule has 0 saturated carbocycles. The summed E-state index contributed by atoms with van der Waals surface area (Å²) in [5, 5.41) is 9.72. The van der Waals surface area contributed by atoms with E-state index in [0.717, 1.165) is 28.6 Å². The summed E-state index contributed by atoms with van der Waals surface area (Å²) in [4.78, 5) is 13.6. The largest absolute Gasteiger partial charge is 0.495 e. The van der Waals surface area contributed by atoms with Gasteiger partial charge in [0.15, 0.2) is 0 Å². The smallest absolute Gasteiger partial charge is 0.303 e. The van der Waals surface area contributed by atoms with E-state index in [0.29, 0.717) is 6.42 Å². The van der Waals surface area contributed by atoms with Crippen molar-refractivity contribution in [2.24, 2.45) is 0 Å². The Balaban J connectivity index is 2.21. The second-order valence-corrected chi connectivity index (χ2v) is 3.94. The summed E-state index contributed by atoms with van der Waals surface area (Å²) in [5.41, 5.74) is 2.11. The van der Waals surface area contributed by atoms with Crippen molar-refractivity contribution in [3.05, 3.63) is 30.0 Å². The van der Waals surface area contributed by atoms with E-state index < -0.39 is 5.97 Å². The van der Waals surface area contributed by atoms with E-state index in [9.17, 15) is 4.79 Å². The number of fused-ring (bicyclic) bond motifs is 1. The number of carboxylic acid groups (broad SMARTS) is 1. The molecule has 4 nitrogen and oxygen atoms in total. The van der Waals surface area contributed by atoms with Gasteiger partial charge in [0.25, 0.3) is 0 Å². The Morgan fingerprint density at radius 3 is 3.00 bits per heavy atom. The molecule has 1 aromatic carbocycles. The topological polar surface area (TPSA) is 62.3 Å². The van der Waals surface area contributed by atoms with Crippen LogP contribution < -0.4 is 4.74 Å². The predicted molar refractivity (Wildman–Crippen MR) is 65.4 cm³/mol. The fourth-order valence-electron chi connectivity index (χ4n) is 1.99. The first kappa shape index (κ1) is 11.5. The van der Waals surface area contributed by atoms with Gasteiger partial charge < -0.3 is 14.8 Å². The molecule has 0 atom stereocenters. The van der Waals surface area contributed by atoms with Crippen molar-refractivity contribution in [2.45, 2.75) is 19.3 Å². The number of para-hydroxylation sites is 1. The lowest BCUT2D eigenvalue weighted by molar-refractivity contribution is -0.137. The summed E-state index contributed by atoms with van der Waals surface area (Å²) in [6.45, 7) is 0. The zero-order valence-electron chi connectivity index (χ0n) is 9.69. The molecule has 0 bridgehead atoms. The number of methoxy groups -OCH3 is 1. The molecule has 2 aromatic rings. The number of rotatable bonds is 5. The van der Waals surface area contributed by atoms with Crippen molar-refractivity contribution in [1.29, 1.82) is 0 Å². The van der Waals surface area contributed by atoms with Crippen molar-refractivity contribution in [1.82, 2.24) is 4.98 Å². The average Bonchev–Trinajstić information content (AvgIpc) is 2.72. The highest BCUT2D eigenvalue weighted by molar-refractivity contribution is 5.88. The van der Waals surface area contributed by atoms with E-state index in [1.54, 1.807) is 7.11 Å². The first-order chi connectivity index (χ1) is 8.22. The van der Waals surface area contributed by atoms with E-state index in [2.05, 4.69) is 4.98 Å². The van der Waals surface area contributed by atoms with Gasteiger partial charge in [-0.3, -0.25) is 4.79 Å². The molecule has 0 spiro atoms. The number of aromatic amines is 1. The fourth-order valence-corrected chi connectivity index (χ4v) is 1.99. The SMILES string of the molecule is COc1cccc2c(CCCC(=O)O)c[nH]c12. The van der Waals surface area contributed by atoms with Crippen LogP contribution in [0.15, 0.2) is 24.4 Å². The molecule has 0 aliphatic heterocycles. The molecule has 0 amide bonds. The number of H-pyrrole nitrogens is 1. The van der Waals surface area contributed by atoms with Gasteiger partial charge in [0, 0.05) is 18.0 Å². The molecule has 4 heteroatoms. The third-order valence-electron chi connectivity index (χ3n) is 2.82. The third kappa shape index (κ3) is 2.41. The maximum atomic E-state index is 10.5. The molecular weight excluding hydrogens is 218 g/mol. The predicted octanol–water partition coefficient (Wildman–Crippen LogP) is 2.58. The Bertz CT molecular complexity index is 530. The Morgan fingerprint density at radius 2 is 2.29 bits per heavy atom. The molecule has 2 N–H and O–H groups in total. The van der Waals surface area contributed by atoms with Crippen LogP contribution in [-0.2, 0) is 11.2 Å². The van der Waals surface area contributed by atoms with Gasteiger partial charge in [0.1, 0.15) is 5.75 Å². The molecule has 0 unspecified atom stereocenters. The number of hydrogen-bond acceptors (Lipinski definition) is 2. The first-order valence-corrected chi connectivity index (χ1v) is 5.57. The molecule has 1 aromatic heterocycles. The lowest BCUT2D eigenvalue weighted by Crippen LogP contribution is -1.95. The van der Waals surface area contributed by atoms with Crippen LogP contribution in [0.2, 0.25) is 0 Å². The molecule has 2 rings (SSSR count). The molecule has 1 heterocycles. The highest BCUT2D eigenvalue weighted by Gasteiger charge is 2.08. The fraction of sp³-hybridized carbons (Fsp3) is 0.308. The number of carboxylic acids is 1. The average molecular weight is 233 g/mol. The summed E-state index contributed by atoms with van der Waals surface area (Å²) >= 11 is 0. The number of aromatic nitrogens is 1. The number of ether oxygens (including phenoxy) is 1. The van der Waals surface area contributed by atoms with E-state index in [1.807, 2.05) is 24.4 Å². The van der Waals surface area contributed by atoms with Crippen LogP contribution in [0.5, 0.6) is 5.75 Å². The van der Waals surface area contributed by atoms with Crippen molar-refractivity contribution in [3.8, 4) is 5.75 Å². The molecule has 0 aliphatic carbocycles. The van der Waals surface area contributed by atoms with Crippen LogP contribution in [-0.4, -0.2) is 23.2 Å². The van der Waals surface area contributed by atoms with Gasteiger partial charge in [0.2, 0.25) is 0 Å². The van der Waals surface area contributed by atoms with Gasteiger partial charge >= 0.3 is 5.97 Å². The lowest BCUT2D eigenvalue weighted by atomic mass is 10.1. The minimum atomic E-state index is -0.748. The minimum absolute atomic E-state index is 0.205. The zero-order chi connectivity index (χ0) is 12.3. The first-order valence-electron chi connectivity index (χ1n) is 5.57. The molecule has 0 fully saturated rings. The van der Waals surface area contributed by atoms with Gasteiger partial charge in [-0.15, -0.1) is 0 Å². The molecule has 90 valence electrons.